The molecule has 1 aromatic rings. The predicted molar refractivity (Wildman–Crippen MR) is 135 cm³/mol. The molecular weight excluding hydrogens is 460 g/mol. The molecule has 0 unspecified atom stereocenters. The molecule has 2 fully saturated rings. The Hall–Kier alpha value is -2.74. The Morgan fingerprint density at radius 2 is 1.61 bits per heavy atom. The van der Waals surface area contributed by atoms with Gasteiger partial charge in [-0.15, -0.1) is 0 Å². The molecule has 0 saturated carbocycles. The zero-order chi connectivity index (χ0) is 26.5. The van der Waals surface area contributed by atoms with Crippen molar-refractivity contribution in [3.8, 4) is 5.75 Å². The first-order valence-corrected chi connectivity index (χ1v) is 13.0. The maximum atomic E-state index is 13.6. The molecule has 1 aromatic carbocycles. The smallest absolute Gasteiger partial charge is 0.242 e. The molecule has 36 heavy (non-hydrogen) atoms. The van der Waals surface area contributed by atoms with E-state index in [9.17, 15) is 24.3 Å². The van der Waals surface area contributed by atoms with Crippen molar-refractivity contribution in [3.63, 3.8) is 0 Å². The van der Waals surface area contributed by atoms with Crippen LogP contribution in [0.5, 0.6) is 5.75 Å². The van der Waals surface area contributed by atoms with Crippen LogP contribution in [0.2, 0.25) is 0 Å². The molecule has 3 N–H and O–H groups in total. The number of rotatable bonds is 4. The molecule has 0 bridgehead atoms. The Labute approximate surface area is 213 Å². The summed E-state index contributed by atoms with van der Waals surface area (Å²) in [6, 6.07) is 5.90. The Morgan fingerprint density at radius 3 is 2.19 bits per heavy atom. The molecule has 4 atom stereocenters. The molecule has 1 spiro atoms. The van der Waals surface area contributed by atoms with E-state index in [4.69, 9.17) is 4.74 Å². The van der Waals surface area contributed by atoms with E-state index < -0.39 is 17.9 Å². The normalized spacial score (nSPS) is 28.1. The second-order valence-corrected chi connectivity index (χ2v) is 11.3. The van der Waals surface area contributed by atoms with Crippen LogP contribution >= 0.6 is 0 Å². The van der Waals surface area contributed by atoms with E-state index in [0.717, 1.165) is 5.56 Å². The number of nitrogens with one attached hydrogen (secondary N) is 2. The molecule has 8 nitrogen and oxygen atoms in total. The number of carbonyl (C=O) groups is 4. The molecule has 198 valence electrons. The number of phenolic OH excluding ortho intramolecular Hbond substituents is 1. The lowest BCUT2D eigenvalue weighted by Gasteiger charge is -2.43. The van der Waals surface area contributed by atoms with Gasteiger partial charge < -0.3 is 20.5 Å². The van der Waals surface area contributed by atoms with Crippen molar-refractivity contribution in [2.75, 3.05) is 19.8 Å². The van der Waals surface area contributed by atoms with Crippen LogP contribution in [-0.4, -0.2) is 54.3 Å². The van der Waals surface area contributed by atoms with Gasteiger partial charge in [-0.3, -0.25) is 19.2 Å². The Morgan fingerprint density at radius 1 is 0.972 bits per heavy atom. The minimum absolute atomic E-state index is 0.00201. The van der Waals surface area contributed by atoms with Crippen LogP contribution in [0.15, 0.2) is 24.3 Å². The molecule has 0 radical (unpaired) electrons. The van der Waals surface area contributed by atoms with Gasteiger partial charge in [0.15, 0.2) is 0 Å². The van der Waals surface area contributed by atoms with Crippen molar-refractivity contribution in [2.24, 2.45) is 29.1 Å². The number of hydrogen-bond donors (Lipinski definition) is 3. The van der Waals surface area contributed by atoms with Crippen LogP contribution < -0.4 is 10.6 Å². The zero-order valence-electron chi connectivity index (χ0n) is 21.8. The summed E-state index contributed by atoms with van der Waals surface area (Å²) in [7, 11) is 0. The minimum Gasteiger partial charge on any atom is -0.508 e. The van der Waals surface area contributed by atoms with Crippen LogP contribution in [0.1, 0.15) is 58.9 Å². The van der Waals surface area contributed by atoms with Gasteiger partial charge in [-0.2, -0.15) is 0 Å². The fourth-order valence-electron chi connectivity index (χ4n) is 5.19. The van der Waals surface area contributed by atoms with Crippen LogP contribution in [0.25, 0.3) is 0 Å². The molecule has 8 heteroatoms. The van der Waals surface area contributed by atoms with Gasteiger partial charge in [-0.05, 0) is 49.8 Å². The molecule has 2 saturated heterocycles. The number of ether oxygens (including phenoxy) is 1. The maximum absolute atomic E-state index is 13.6. The zero-order valence-corrected chi connectivity index (χ0v) is 21.8. The average molecular weight is 501 g/mol. The maximum Gasteiger partial charge on any atom is 0.242 e. The molecule has 0 aromatic heterocycles. The van der Waals surface area contributed by atoms with Gasteiger partial charge in [0.2, 0.25) is 11.8 Å². The van der Waals surface area contributed by atoms with Crippen molar-refractivity contribution < 1.29 is 29.0 Å². The quantitative estimate of drug-likeness (QED) is 0.585. The molecule has 3 rings (SSSR count). The molecule has 2 aliphatic rings. The van der Waals surface area contributed by atoms with Gasteiger partial charge >= 0.3 is 0 Å². The van der Waals surface area contributed by atoms with Crippen LogP contribution in [0.4, 0.5) is 0 Å². The summed E-state index contributed by atoms with van der Waals surface area (Å²) in [5, 5.41) is 15.4. The van der Waals surface area contributed by atoms with Gasteiger partial charge in [-0.1, -0.05) is 32.9 Å². The number of aromatic hydroxyl groups is 1. The first-order valence-electron chi connectivity index (χ1n) is 13.0. The van der Waals surface area contributed by atoms with E-state index in [-0.39, 0.29) is 59.2 Å². The lowest BCUT2D eigenvalue weighted by Crippen LogP contribution is -2.55. The van der Waals surface area contributed by atoms with Gasteiger partial charge in [0, 0.05) is 42.6 Å². The van der Waals surface area contributed by atoms with Crippen molar-refractivity contribution in [2.45, 2.75) is 65.8 Å². The Balaban J connectivity index is 1.90. The lowest BCUT2D eigenvalue weighted by molar-refractivity contribution is -0.141. The minimum atomic E-state index is -0.739. The summed E-state index contributed by atoms with van der Waals surface area (Å²) in [5.74, 6) is -1.87. The monoisotopic (exact) mass is 500 g/mol. The van der Waals surface area contributed by atoms with E-state index in [1.165, 1.54) is 0 Å². The van der Waals surface area contributed by atoms with Crippen LogP contribution in [0.3, 0.4) is 0 Å². The first kappa shape index (κ1) is 27.8. The highest BCUT2D eigenvalue weighted by atomic mass is 16.5. The van der Waals surface area contributed by atoms with Gasteiger partial charge in [-0.25, -0.2) is 0 Å². The highest BCUT2D eigenvalue weighted by Gasteiger charge is 2.42. The number of hydrogen-bond acceptors (Lipinski definition) is 6. The molecule has 2 aliphatic heterocycles. The molecular formula is C28H40N2O6. The summed E-state index contributed by atoms with van der Waals surface area (Å²) in [6.07, 6.45) is 1.53. The Kier molecular flexibility index (Phi) is 9.28. The summed E-state index contributed by atoms with van der Waals surface area (Å²) >= 11 is 0. The SMILES string of the molecule is CC(C)C[C@@H]1CC(=O)[C@H](Cc2ccc(O)cc2)CC(=O)[C@H](C)CC2(CNC(=O)[C@H](C)NC1=O)COC2. The van der Waals surface area contributed by atoms with Gasteiger partial charge in [0.1, 0.15) is 23.4 Å². The third-order valence-electron chi connectivity index (χ3n) is 7.39. The number of amides is 2. The topological polar surface area (TPSA) is 122 Å². The third kappa shape index (κ3) is 7.38. The fourth-order valence-corrected chi connectivity index (χ4v) is 5.19. The average Bonchev–Trinajstić information content (AvgIpc) is 2.79. The number of phenols is 1. The van der Waals surface area contributed by atoms with Crippen molar-refractivity contribution >= 4 is 23.4 Å². The highest BCUT2D eigenvalue weighted by molar-refractivity contribution is 5.93. The van der Waals surface area contributed by atoms with Crippen LogP contribution in [-0.2, 0) is 30.3 Å². The van der Waals surface area contributed by atoms with Crippen LogP contribution in [0, 0.1) is 29.1 Å². The summed E-state index contributed by atoms with van der Waals surface area (Å²) in [5.41, 5.74) is 0.521. The molecule has 2 amide bonds. The second-order valence-electron chi connectivity index (χ2n) is 11.3. The van der Waals surface area contributed by atoms with Crippen molar-refractivity contribution in [3.05, 3.63) is 29.8 Å². The predicted octanol–water partition coefficient (Wildman–Crippen LogP) is 2.81. The standard InChI is InChI=1S/C28H40N2O6/c1-17(2)9-22-12-25(33)21(10-20-5-7-23(31)8-6-20)11-24(32)18(3)13-28(15-36-16-28)14-29-26(34)19(4)30-27(22)35/h5-8,17-19,21-22,31H,9-16H2,1-4H3,(H,29,34)(H,30,35)/t18-,19+,21-,22-/m1/s1. The van der Waals surface area contributed by atoms with Gasteiger partial charge in [0.25, 0.3) is 0 Å². The highest BCUT2D eigenvalue weighted by Crippen LogP contribution is 2.35. The fraction of sp³-hybridized carbons (Fsp3) is 0.643. The summed E-state index contributed by atoms with van der Waals surface area (Å²) in [4.78, 5) is 52.8. The number of benzene rings is 1. The van der Waals surface area contributed by atoms with Crippen molar-refractivity contribution in [1.82, 2.24) is 10.6 Å². The largest absolute Gasteiger partial charge is 0.508 e. The van der Waals surface area contributed by atoms with Gasteiger partial charge in [0.05, 0.1) is 13.2 Å². The Bertz CT molecular complexity index is 953. The summed E-state index contributed by atoms with van der Waals surface area (Å²) < 4.78 is 5.44. The van der Waals surface area contributed by atoms with E-state index in [1.807, 2.05) is 20.8 Å². The van der Waals surface area contributed by atoms with E-state index in [2.05, 4.69) is 10.6 Å². The first-order chi connectivity index (χ1) is 17.0. The summed E-state index contributed by atoms with van der Waals surface area (Å²) in [6.45, 7) is 8.78. The molecule has 0 aliphatic carbocycles. The second kappa shape index (κ2) is 12.0. The number of ketones is 2. The lowest BCUT2D eigenvalue weighted by atomic mass is 9.75. The number of Topliss-reactive ketones (excluding diaryl/α,β-unsaturated/α-hetero) is 2. The van der Waals surface area contributed by atoms with E-state index in [1.54, 1.807) is 31.2 Å². The van der Waals surface area contributed by atoms with Crippen molar-refractivity contribution in [1.29, 1.82) is 0 Å². The number of carbonyl (C=O) groups excluding carboxylic acids is 4. The van der Waals surface area contributed by atoms with E-state index >= 15 is 0 Å². The molecule has 2 heterocycles. The third-order valence-corrected chi connectivity index (χ3v) is 7.39. The van der Waals surface area contributed by atoms with E-state index in [0.29, 0.717) is 39.0 Å².